The van der Waals surface area contributed by atoms with Gasteiger partial charge in [0.25, 0.3) is 0 Å². The SMILES string of the molecule is Cc1csc(Cl)n1.Cl. The van der Waals surface area contributed by atoms with Crippen LogP contribution in [-0.4, -0.2) is 4.98 Å². The Kier molecular flexibility index (Phi) is 3.36. The van der Waals surface area contributed by atoms with E-state index in [0.717, 1.165) is 5.69 Å². The molecule has 1 rings (SSSR count). The number of halogens is 2. The van der Waals surface area contributed by atoms with Crippen LogP contribution < -0.4 is 0 Å². The molecule has 0 saturated carbocycles. The van der Waals surface area contributed by atoms with Crippen molar-refractivity contribution in [1.29, 1.82) is 0 Å². The Morgan fingerprint density at radius 2 is 2.38 bits per heavy atom. The van der Waals surface area contributed by atoms with Gasteiger partial charge in [0.15, 0.2) is 4.47 Å². The number of nitrogens with zero attached hydrogens (tertiary/aromatic N) is 1. The first-order valence-electron chi connectivity index (χ1n) is 1.86. The zero-order chi connectivity index (χ0) is 5.28. The summed E-state index contributed by atoms with van der Waals surface area (Å²) in [5.41, 5.74) is 0.995. The Morgan fingerprint density at radius 1 is 1.75 bits per heavy atom. The van der Waals surface area contributed by atoms with Crippen molar-refractivity contribution in [2.75, 3.05) is 0 Å². The summed E-state index contributed by atoms with van der Waals surface area (Å²) in [7, 11) is 0. The summed E-state index contributed by atoms with van der Waals surface area (Å²) in [6, 6.07) is 0. The highest BCUT2D eigenvalue weighted by Gasteiger charge is 1.88. The van der Waals surface area contributed by atoms with E-state index in [1.165, 1.54) is 11.3 Å². The molecule has 1 nitrogen and oxygen atoms in total. The average molecular weight is 170 g/mol. The molecule has 1 aromatic rings. The number of hydrogen-bond acceptors (Lipinski definition) is 2. The van der Waals surface area contributed by atoms with E-state index in [4.69, 9.17) is 11.6 Å². The molecule has 0 amide bonds. The van der Waals surface area contributed by atoms with E-state index in [1.54, 1.807) is 0 Å². The molecular formula is C4H5Cl2NS. The number of hydrogen-bond donors (Lipinski definition) is 0. The smallest absolute Gasteiger partial charge is 0.183 e. The average Bonchev–Trinajstić information content (AvgIpc) is 1.87. The lowest BCUT2D eigenvalue weighted by atomic mass is 10.6. The molecule has 0 aliphatic rings. The molecule has 8 heavy (non-hydrogen) atoms. The minimum Gasteiger partial charge on any atom is -0.230 e. The van der Waals surface area contributed by atoms with Gasteiger partial charge < -0.3 is 0 Å². The third-order valence-corrected chi connectivity index (χ3v) is 1.69. The molecule has 0 unspecified atom stereocenters. The summed E-state index contributed by atoms with van der Waals surface area (Å²) in [6.45, 7) is 1.92. The van der Waals surface area contributed by atoms with E-state index in [-0.39, 0.29) is 12.4 Å². The van der Waals surface area contributed by atoms with Crippen LogP contribution in [0.3, 0.4) is 0 Å². The van der Waals surface area contributed by atoms with Crippen molar-refractivity contribution >= 4 is 35.3 Å². The predicted octanol–water partition coefficient (Wildman–Crippen LogP) is 2.53. The molecule has 0 N–H and O–H groups in total. The monoisotopic (exact) mass is 169 g/mol. The summed E-state index contributed by atoms with van der Waals surface area (Å²) in [5.74, 6) is 0. The molecule has 1 heterocycles. The zero-order valence-electron chi connectivity index (χ0n) is 4.22. The van der Waals surface area contributed by atoms with Crippen molar-refractivity contribution in [3.8, 4) is 0 Å². The Labute approximate surface area is 63.1 Å². The number of aryl methyl sites for hydroxylation is 1. The molecule has 4 heteroatoms. The fraction of sp³-hybridized carbons (Fsp3) is 0.250. The van der Waals surface area contributed by atoms with Crippen LogP contribution in [0.2, 0.25) is 4.47 Å². The van der Waals surface area contributed by atoms with Crippen LogP contribution in [0.25, 0.3) is 0 Å². The van der Waals surface area contributed by atoms with Crippen molar-refractivity contribution in [3.05, 3.63) is 15.5 Å². The molecule has 0 aromatic carbocycles. The first-order valence-corrected chi connectivity index (χ1v) is 3.12. The van der Waals surface area contributed by atoms with Gasteiger partial charge >= 0.3 is 0 Å². The van der Waals surface area contributed by atoms with E-state index >= 15 is 0 Å². The predicted molar refractivity (Wildman–Crippen MR) is 39.1 cm³/mol. The maximum atomic E-state index is 5.47. The first-order chi connectivity index (χ1) is 3.29. The third-order valence-electron chi connectivity index (χ3n) is 0.591. The molecule has 46 valence electrons. The summed E-state index contributed by atoms with van der Waals surface area (Å²) in [5, 5.41) is 1.92. The van der Waals surface area contributed by atoms with Gasteiger partial charge in [0.05, 0.1) is 0 Å². The number of thiazole rings is 1. The lowest BCUT2D eigenvalue weighted by molar-refractivity contribution is 1.27. The van der Waals surface area contributed by atoms with Crippen molar-refractivity contribution in [3.63, 3.8) is 0 Å². The van der Waals surface area contributed by atoms with E-state index in [0.29, 0.717) is 4.47 Å². The molecule has 0 saturated heterocycles. The molecule has 0 spiro atoms. The fourth-order valence-electron chi connectivity index (χ4n) is 0.325. The highest BCUT2D eigenvalue weighted by atomic mass is 35.5. The fourth-order valence-corrected chi connectivity index (χ4v) is 1.11. The quantitative estimate of drug-likeness (QED) is 0.582. The van der Waals surface area contributed by atoms with Gasteiger partial charge in [0.1, 0.15) is 0 Å². The highest BCUT2D eigenvalue weighted by Crippen LogP contribution is 2.13. The van der Waals surface area contributed by atoms with Crippen molar-refractivity contribution in [2.24, 2.45) is 0 Å². The normalized spacial score (nSPS) is 8.25. The van der Waals surface area contributed by atoms with Crippen LogP contribution >= 0.6 is 35.3 Å². The molecule has 0 aliphatic heterocycles. The van der Waals surface area contributed by atoms with E-state index in [2.05, 4.69) is 4.98 Å². The van der Waals surface area contributed by atoms with Gasteiger partial charge in [-0.15, -0.1) is 23.7 Å². The van der Waals surface area contributed by atoms with Gasteiger partial charge in [-0.1, -0.05) is 11.6 Å². The third kappa shape index (κ3) is 1.99. The Bertz CT molecular complexity index is 146. The topological polar surface area (TPSA) is 12.9 Å². The highest BCUT2D eigenvalue weighted by molar-refractivity contribution is 7.13. The van der Waals surface area contributed by atoms with Crippen LogP contribution in [0.15, 0.2) is 5.38 Å². The molecule has 0 atom stereocenters. The molecule has 0 fully saturated rings. The second-order valence-electron chi connectivity index (χ2n) is 1.24. The summed E-state index contributed by atoms with van der Waals surface area (Å²) in [6.07, 6.45) is 0. The largest absolute Gasteiger partial charge is 0.230 e. The Balaban J connectivity index is 0.000000490. The van der Waals surface area contributed by atoms with Crippen molar-refractivity contribution in [1.82, 2.24) is 4.98 Å². The summed E-state index contributed by atoms with van der Waals surface area (Å²) < 4.78 is 0.623. The lowest BCUT2D eigenvalue weighted by Crippen LogP contribution is -1.62. The second kappa shape index (κ2) is 3.28. The molecule has 0 aliphatic carbocycles. The van der Waals surface area contributed by atoms with Gasteiger partial charge in [0.2, 0.25) is 0 Å². The standard InChI is InChI=1S/C4H4ClNS.ClH/c1-3-2-7-4(5)6-3;/h2H,1H3;1H. The van der Waals surface area contributed by atoms with E-state index in [9.17, 15) is 0 Å². The molecule has 0 bridgehead atoms. The van der Waals surface area contributed by atoms with E-state index < -0.39 is 0 Å². The zero-order valence-corrected chi connectivity index (χ0v) is 6.61. The first kappa shape index (κ1) is 8.21. The minimum atomic E-state index is 0. The van der Waals surface area contributed by atoms with Crippen LogP contribution in [-0.2, 0) is 0 Å². The Morgan fingerprint density at radius 3 is 2.50 bits per heavy atom. The second-order valence-corrected chi connectivity index (χ2v) is 2.68. The van der Waals surface area contributed by atoms with Crippen LogP contribution in [0, 0.1) is 6.92 Å². The molecular weight excluding hydrogens is 165 g/mol. The molecule has 0 radical (unpaired) electrons. The van der Waals surface area contributed by atoms with Crippen LogP contribution in [0.1, 0.15) is 5.69 Å². The van der Waals surface area contributed by atoms with E-state index in [1.807, 2.05) is 12.3 Å². The minimum absolute atomic E-state index is 0. The van der Waals surface area contributed by atoms with Crippen LogP contribution in [0.5, 0.6) is 0 Å². The number of rotatable bonds is 0. The van der Waals surface area contributed by atoms with Gasteiger partial charge in [-0.25, -0.2) is 4.98 Å². The molecule has 1 aromatic heterocycles. The van der Waals surface area contributed by atoms with Gasteiger partial charge in [0, 0.05) is 11.1 Å². The summed E-state index contributed by atoms with van der Waals surface area (Å²) >= 11 is 6.93. The summed E-state index contributed by atoms with van der Waals surface area (Å²) in [4.78, 5) is 3.90. The number of aromatic nitrogens is 1. The van der Waals surface area contributed by atoms with Crippen molar-refractivity contribution in [2.45, 2.75) is 6.92 Å². The Hall–Kier alpha value is 0.210. The maximum Gasteiger partial charge on any atom is 0.183 e. The van der Waals surface area contributed by atoms with Crippen molar-refractivity contribution < 1.29 is 0 Å². The van der Waals surface area contributed by atoms with Gasteiger partial charge in [-0.05, 0) is 6.92 Å². The lowest BCUT2D eigenvalue weighted by Gasteiger charge is -1.68. The van der Waals surface area contributed by atoms with Crippen LogP contribution in [0.4, 0.5) is 0 Å². The van der Waals surface area contributed by atoms with Gasteiger partial charge in [-0.2, -0.15) is 0 Å². The maximum absolute atomic E-state index is 5.47. The van der Waals surface area contributed by atoms with Gasteiger partial charge in [-0.3, -0.25) is 0 Å².